The maximum Gasteiger partial charge on any atom is 0.407 e. The summed E-state index contributed by atoms with van der Waals surface area (Å²) in [5.74, 6) is -0.310. The molecule has 11 heteroatoms. The number of carbonyl (C=O) groups is 2. The fraction of sp³-hybridized carbons (Fsp3) is 0.600. The van der Waals surface area contributed by atoms with Crippen LogP contribution in [0.3, 0.4) is 0 Å². The first-order chi connectivity index (χ1) is 14.5. The average Bonchev–Trinajstić information content (AvgIpc) is 3.20. The van der Waals surface area contributed by atoms with Crippen molar-refractivity contribution in [3.05, 3.63) is 28.8 Å². The number of hydrogen-bond acceptors (Lipinski definition) is 5. The van der Waals surface area contributed by atoms with E-state index in [1.54, 1.807) is 32.4 Å². The molecule has 0 saturated heterocycles. The Bertz CT molecular complexity index is 976. The molecule has 9 nitrogen and oxygen atoms in total. The summed E-state index contributed by atoms with van der Waals surface area (Å²) < 4.78 is 33.7. The van der Waals surface area contributed by atoms with E-state index in [1.807, 2.05) is 0 Å². The number of nitrogens with zero attached hydrogens (tertiary/aromatic N) is 4. The third-order valence-electron chi connectivity index (χ3n) is 5.11. The third-order valence-corrected chi connectivity index (χ3v) is 5.11. The van der Waals surface area contributed by atoms with Crippen molar-refractivity contribution in [2.45, 2.75) is 66.2 Å². The molecule has 2 N–H and O–H groups in total. The van der Waals surface area contributed by atoms with E-state index in [0.717, 1.165) is 12.1 Å². The molecule has 0 saturated carbocycles. The topological polar surface area (TPSA) is 103 Å². The Labute approximate surface area is 179 Å². The molecule has 0 spiro atoms. The van der Waals surface area contributed by atoms with Gasteiger partial charge in [0.05, 0.1) is 34.5 Å². The van der Waals surface area contributed by atoms with Gasteiger partial charge in [-0.1, -0.05) is 0 Å². The van der Waals surface area contributed by atoms with Crippen molar-refractivity contribution in [1.29, 1.82) is 0 Å². The molecule has 1 aliphatic heterocycles. The van der Waals surface area contributed by atoms with E-state index in [-0.39, 0.29) is 17.3 Å². The summed E-state index contributed by atoms with van der Waals surface area (Å²) in [4.78, 5) is 24.8. The average molecular weight is 438 g/mol. The van der Waals surface area contributed by atoms with Crippen LogP contribution in [0.2, 0.25) is 0 Å². The monoisotopic (exact) mass is 438 g/mol. The highest BCUT2D eigenvalue weighted by molar-refractivity contribution is 6.05. The molecule has 2 amide bonds. The van der Waals surface area contributed by atoms with Crippen LogP contribution < -0.4 is 10.6 Å². The second-order valence-corrected chi connectivity index (χ2v) is 8.69. The highest BCUT2D eigenvalue weighted by Gasteiger charge is 2.27. The highest BCUT2D eigenvalue weighted by atomic mass is 19.3. The van der Waals surface area contributed by atoms with E-state index in [1.165, 1.54) is 13.1 Å². The quantitative estimate of drug-likeness (QED) is 0.745. The molecule has 0 fully saturated rings. The minimum Gasteiger partial charge on any atom is -0.444 e. The Morgan fingerprint density at radius 3 is 2.65 bits per heavy atom. The SMILES string of the molecule is Cc1nn(C(F)F)c(C)c1NC(=O)c1cnn2c1CC(CNC(=O)OC(C)(C)C)CC2. The summed E-state index contributed by atoms with van der Waals surface area (Å²) in [7, 11) is 0. The minimum atomic E-state index is -2.79. The number of aromatic nitrogens is 4. The zero-order chi connectivity index (χ0) is 22.9. The summed E-state index contributed by atoms with van der Waals surface area (Å²) in [5.41, 5.74) is 1.31. The Morgan fingerprint density at radius 2 is 2.03 bits per heavy atom. The zero-order valence-corrected chi connectivity index (χ0v) is 18.3. The molecule has 1 unspecified atom stereocenters. The predicted molar refractivity (Wildman–Crippen MR) is 109 cm³/mol. The van der Waals surface area contributed by atoms with Gasteiger partial charge in [0.25, 0.3) is 5.91 Å². The fourth-order valence-electron chi connectivity index (χ4n) is 3.62. The van der Waals surface area contributed by atoms with Crippen molar-refractivity contribution in [2.24, 2.45) is 5.92 Å². The van der Waals surface area contributed by atoms with E-state index in [2.05, 4.69) is 20.8 Å². The summed E-state index contributed by atoms with van der Waals surface area (Å²) >= 11 is 0. The summed E-state index contributed by atoms with van der Waals surface area (Å²) in [5, 5.41) is 13.5. The van der Waals surface area contributed by atoms with Gasteiger partial charge in [0, 0.05) is 13.1 Å². The second kappa shape index (κ2) is 8.64. The van der Waals surface area contributed by atoms with Gasteiger partial charge in [-0.2, -0.15) is 19.0 Å². The molecular weight excluding hydrogens is 410 g/mol. The van der Waals surface area contributed by atoms with Gasteiger partial charge in [-0.05, 0) is 53.4 Å². The van der Waals surface area contributed by atoms with Gasteiger partial charge in [0.2, 0.25) is 0 Å². The van der Waals surface area contributed by atoms with E-state index < -0.39 is 24.2 Å². The molecule has 0 bridgehead atoms. The number of halogens is 2. The van der Waals surface area contributed by atoms with Crippen LogP contribution in [0.1, 0.15) is 61.2 Å². The lowest BCUT2D eigenvalue weighted by atomic mass is 9.94. The van der Waals surface area contributed by atoms with Crippen molar-refractivity contribution in [3.63, 3.8) is 0 Å². The molecule has 3 heterocycles. The molecular formula is C20H28F2N6O3. The minimum absolute atomic E-state index is 0.119. The van der Waals surface area contributed by atoms with Gasteiger partial charge in [-0.3, -0.25) is 9.48 Å². The molecule has 1 aliphatic rings. The number of ether oxygens (including phenoxy) is 1. The maximum atomic E-state index is 13.1. The summed E-state index contributed by atoms with van der Waals surface area (Å²) in [6, 6.07) is 0. The van der Waals surface area contributed by atoms with Crippen molar-refractivity contribution < 1.29 is 23.1 Å². The van der Waals surface area contributed by atoms with Crippen LogP contribution in [0.15, 0.2) is 6.20 Å². The number of fused-ring (bicyclic) bond motifs is 1. The van der Waals surface area contributed by atoms with Gasteiger partial charge in [-0.15, -0.1) is 0 Å². The van der Waals surface area contributed by atoms with Crippen molar-refractivity contribution in [3.8, 4) is 0 Å². The number of anilines is 1. The van der Waals surface area contributed by atoms with Crippen molar-refractivity contribution >= 4 is 17.7 Å². The lowest BCUT2D eigenvalue weighted by Gasteiger charge is -2.25. The van der Waals surface area contributed by atoms with Crippen LogP contribution in [-0.2, 0) is 17.7 Å². The van der Waals surface area contributed by atoms with Gasteiger partial charge < -0.3 is 15.4 Å². The normalized spacial score (nSPS) is 16.2. The number of alkyl carbamates (subject to hydrolysis) is 1. The van der Waals surface area contributed by atoms with Crippen LogP contribution in [0.5, 0.6) is 0 Å². The number of nitrogens with one attached hydrogen (secondary N) is 2. The van der Waals surface area contributed by atoms with Crippen LogP contribution in [0.25, 0.3) is 0 Å². The molecule has 0 aliphatic carbocycles. The third kappa shape index (κ3) is 5.20. The maximum absolute atomic E-state index is 13.1. The number of rotatable bonds is 5. The largest absolute Gasteiger partial charge is 0.444 e. The van der Waals surface area contributed by atoms with Crippen LogP contribution in [0.4, 0.5) is 19.3 Å². The van der Waals surface area contributed by atoms with Gasteiger partial charge in [0.15, 0.2) is 0 Å². The molecule has 3 rings (SSSR count). The molecule has 0 radical (unpaired) electrons. The highest BCUT2D eigenvalue weighted by Crippen LogP contribution is 2.27. The Kier molecular flexibility index (Phi) is 6.33. The lowest BCUT2D eigenvalue weighted by Crippen LogP contribution is -2.37. The first-order valence-corrected chi connectivity index (χ1v) is 10.1. The van der Waals surface area contributed by atoms with E-state index >= 15 is 0 Å². The first-order valence-electron chi connectivity index (χ1n) is 10.1. The van der Waals surface area contributed by atoms with Crippen LogP contribution in [0, 0.1) is 19.8 Å². The fourth-order valence-corrected chi connectivity index (χ4v) is 3.62. The Morgan fingerprint density at radius 1 is 1.32 bits per heavy atom. The van der Waals surface area contributed by atoms with E-state index in [4.69, 9.17) is 4.74 Å². The van der Waals surface area contributed by atoms with Crippen LogP contribution in [-0.4, -0.2) is 43.7 Å². The molecule has 2 aromatic heterocycles. The molecule has 2 aromatic rings. The molecule has 0 aromatic carbocycles. The number of alkyl halides is 2. The van der Waals surface area contributed by atoms with Crippen molar-refractivity contribution in [2.75, 3.05) is 11.9 Å². The number of aryl methyl sites for hydroxylation is 2. The molecule has 170 valence electrons. The lowest BCUT2D eigenvalue weighted by molar-refractivity contribution is 0.0514. The van der Waals surface area contributed by atoms with Gasteiger partial charge in [0.1, 0.15) is 5.60 Å². The Balaban J connectivity index is 1.68. The Hall–Kier alpha value is -2.98. The van der Waals surface area contributed by atoms with Crippen molar-refractivity contribution in [1.82, 2.24) is 24.9 Å². The smallest absolute Gasteiger partial charge is 0.407 e. The second-order valence-electron chi connectivity index (χ2n) is 8.69. The summed E-state index contributed by atoms with van der Waals surface area (Å²) in [6.45, 7) is 6.68. The summed E-state index contributed by atoms with van der Waals surface area (Å²) in [6.07, 6.45) is 2.35. The zero-order valence-electron chi connectivity index (χ0n) is 18.3. The standard InChI is InChI=1S/C20H28F2N6O3/c1-11-16(12(2)28(26-11)18(21)22)25-17(29)14-10-24-27-7-6-13(8-15(14)27)9-23-19(30)31-20(3,4)5/h10,13,18H,6-9H2,1-5H3,(H,23,30)(H,25,29). The van der Waals surface area contributed by atoms with Gasteiger partial charge >= 0.3 is 12.6 Å². The number of amides is 2. The van der Waals surface area contributed by atoms with E-state index in [9.17, 15) is 18.4 Å². The van der Waals surface area contributed by atoms with Crippen LogP contribution >= 0.6 is 0 Å². The number of carbonyl (C=O) groups excluding carboxylic acids is 2. The first kappa shape index (κ1) is 22.7. The predicted octanol–water partition coefficient (Wildman–Crippen LogP) is 3.43. The number of hydrogen-bond donors (Lipinski definition) is 2. The van der Waals surface area contributed by atoms with Gasteiger partial charge in [-0.25, -0.2) is 9.48 Å². The molecule has 1 atom stereocenters. The molecule has 31 heavy (non-hydrogen) atoms. The van der Waals surface area contributed by atoms with E-state index in [0.29, 0.717) is 35.4 Å².